The molecule has 0 atom stereocenters. The van der Waals surface area contributed by atoms with Crippen molar-refractivity contribution in [3.8, 4) is 17.2 Å². The lowest BCUT2D eigenvalue weighted by atomic mass is 10.1. The molecule has 0 aliphatic rings. The first kappa shape index (κ1) is 21.0. The predicted molar refractivity (Wildman–Crippen MR) is 115 cm³/mol. The van der Waals surface area contributed by atoms with Crippen molar-refractivity contribution in [2.24, 2.45) is 0 Å². The molecule has 1 heterocycles. The second-order valence-electron chi connectivity index (χ2n) is 6.63. The Balaban J connectivity index is 1.91. The number of benzene rings is 2. The lowest BCUT2D eigenvalue weighted by molar-refractivity contribution is 0.246. The number of hydrogen-bond acceptors (Lipinski definition) is 5. The quantitative estimate of drug-likeness (QED) is 0.496. The summed E-state index contributed by atoms with van der Waals surface area (Å²) in [7, 11) is 4.85. The molecule has 6 heteroatoms. The van der Waals surface area contributed by atoms with Gasteiger partial charge in [-0.1, -0.05) is 29.8 Å². The minimum absolute atomic E-state index is 0.588. The molecular formula is C23H25ClN2O3. The molecule has 0 fully saturated rings. The zero-order valence-corrected chi connectivity index (χ0v) is 17.6. The summed E-state index contributed by atoms with van der Waals surface area (Å²) in [5.41, 5.74) is 3.32. The van der Waals surface area contributed by atoms with Crippen LogP contribution < -0.4 is 14.2 Å². The average molecular weight is 413 g/mol. The zero-order chi connectivity index (χ0) is 20.6. The molecule has 0 bridgehead atoms. The number of halogens is 1. The number of hydrogen-bond donors (Lipinski definition) is 0. The third kappa shape index (κ3) is 5.40. The Morgan fingerprint density at radius 3 is 2.00 bits per heavy atom. The summed E-state index contributed by atoms with van der Waals surface area (Å²) in [4.78, 5) is 6.43. The first-order valence-corrected chi connectivity index (χ1v) is 9.66. The Morgan fingerprint density at radius 2 is 1.41 bits per heavy atom. The molecular weight excluding hydrogens is 388 g/mol. The van der Waals surface area contributed by atoms with Crippen LogP contribution in [-0.4, -0.2) is 31.2 Å². The molecule has 3 aromatic rings. The number of methoxy groups -OCH3 is 3. The number of nitrogens with zero attached hydrogens (tertiary/aromatic N) is 2. The van der Waals surface area contributed by atoms with Crippen molar-refractivity contribution in [1.82, 2.24) is 9.88 Å². The van der Waals surface area contributed by atoms with E-state index in [1.807, 2.05) is 54.9 Å². The van der Waals surface area contributed by atoms with E-state index in [-0.39, 0.29) is 0 Å². The summed E-state index contributed by atoms with van der Waals surface area (Å²) >= 11 is 6.42. The molecule has 1 aromatic heterocycles. The Bertz CT molecular complexity index is 909. The van der Waals surface area contributed by atoms with Gasteiger partial charge in [-0.05, 0) is 47.0 Å². The molecule has 29 heavy (non-hydrogen) atoms. The third-order valence-electron chi connectivity index (χ3n) is 4.64. The maximum atomic E-state index is 6.42. The van der Waals surface area contributed by atoms with Crippen LogP contribution in [0, 0.1) is 0 Å². The highest BCUT2D eigenvalue weighted by Crippen LogP contribution is 2.38. The smallest absolute Gasteiger partial charge is 0.203 e. The van der Waals surface area contributed by atoms with Crippen molar-refractivity contribution >= 4 is 11.6 Å². The Hall–Kier alpha value is -2.76. The zero-order valence-electron chi connectivity index (χ0n) is 16.9. The number of pyridine rings is 1. The Labute approximate surface area is 176 Å². The predicted octanol–water partition coefficient (Wildman–Crippen LogP) is 4.96. The molecule has 0 unspecified atom stereocenters. The number of aromatic nitrogens is 1. The van der Waals surface area contributed by atoms with Crippen LogP contribution in [0.3, 0.4) is 0 Å². The summed E-state index contributed by atoms with van der Waals surface area (Å²) in [5.74, 6) is 1.87. The van der Waals surface area contributed by atoms with Crippen LogP contribution in [0.15, 0.2) is 60.9 Å². The van der Waals surface area contributed by atoms with E-state index in [9.17, 15) is 0 Å². The Kier molecular flexibility index (Phi) is 7.33. The normalized spacial score (nSPS) is 10.8. The number of rotatable bonds is 9. The van der Waals surface area contributed by atoms with Crippen LogP contribution in [0.1, 0.15) is 16.7 Å². The highest BCUT2D eigenvalue weighted by Gasteiger charge is 2.16. The van der Waals surface area contributed by atoms with Gasteiger partial charge >= 0.3 is 0 Å². The SMILES string of the molecule is COc1cc(CN(Cc2ccncc2)Cc2ccccc2Cl)cc(OC)c1OC. The van der Waals surface area contributed by atoms with Crippen LogP contribution in [0.25, 0.3) is 0 Å². The second kappa shape index (κ2) is 10.1. The molecule has 0 saturated carbocycles. The van der Waals surface area contributed by atoms with E-state index in [1.54, 1.807) is 21.3 Å². The maximum absolute atomic E-state index is 6.42. The monoisotopic (exact) mass is 412 g/mol. The fourth-order valence-corrected chi connectivity index (χ4v) is 3.46. The second-order valence-corrected chi connectivity index (χ2v) is 7.03. The van der Waals surface area contributed by atoms with Gasteiger partial charge in [0.25, 0.3) is 0 Å². The van der Waals surface area contributed by atoms with E-state index in [0.29, 0.717) is 30.3 Å². The summed E-state index contributed by atoms with van der Waals surface area (Å²) in [5, 5.41) is 0.761. The molecule has 0 spiro atoms. The fourth-order valence-electron chi connectivity index (χ4n) is 3.27. The van der Waals surface area contributed by atoms with Gasteiger partial charge in [0.15, 0.2) is 11.5 Å². The van der Waals surface area contributed by atoms with E-state index in [1.165, 1.54) is 5.56 Å². The molecule has 0 aliphatic carbocycles. The molecule has 2 aromatic carbocycles. The summed E-state index contributed by atoms with van der Waals surface area (Å²) in [6.07, 6.45) is 3.62. The fraction of sp³-hybridized carbons (Fsp3) is 0.261. The highest BCUT2D eigenvalue weighted by atomic mass is 35.5. The van der Waals surface area contributed by atoms with Gasteiger partial charge in [-0.2, -0.15) is 0 Å². The van der Waals surface area contributed by atoms with Crippen LogP contribution in [0.5, 0.6) is 17.2 Å². The molecule has 0 saturated heterocycles. The van der Waals surface area contributed by atoms with Crippen molar-refractivity contribution < 1.29 is 14.2 Å². The van der Waals surface area contributed by atoms with Gasteiger partial charge in [0.1, 0.15) is 0 Å². The molecule has 152 valence electrons. The van der Waals surface area contributed by atoms with Gasteiger partial charge in [-0.15, -0.1) is 0 Å². The van der Waals surface area contributed by atoms with E-state index < -0.39 is 0 Å². The summed E-state index contributed by atoms with van der Waals surface area (Å²) in [6, 6.07) is 15.9. The molecule has 0 radical (unpaired) electrons. The lowest BCUT2D eigenvalue weighted by Crippen LogP contribution is -2.22. The largest absolute Gasteiger partial charge is 0.493 e. The molecule has 5 nitrogen and oxygen atoms in total. The van der Waals surface area contributed by atoms with Gasteiger partial charge < -0.3 is 14.2 Å². The average Bonchev–Trinajstić information content (AvgIpc) is 2.75. The molecule has 0 amide bonds. The van der Waals surface area contributed by atoms with Crippen molar-refractivity contribution in [2.75, 3.05) is 21.3 Å². The molecule has 3 rings (SSSR count). The first-order valence-electron chi connectivity index (χ1n) is 9.28. The maximum Gasteiger partial charge on any atom is 0.203 e. The summed E-state index contributed by atoms with van der Waals surface area (Å²) in [6.45, 7) is 2.15. The standard InChI is InChI=1S/C23H25ClN2O3/c1-27-21-12-18(13-22(28-2)23(21)29-3)15-26(14-17-8-10-25-11-9-17)16-19-6-4-5-7-20(19)24/h4-13H,14-16H2,1-3H3. The van der Waals surface area contributed by atoms with Crippen LogP contribution in [0.2, 0.25) is 5.02 Å². The molecule has 0 aliphatic heterocycles. The summed E-state index contributed by atoms with van der Waals surface area (Å²) < 4.78 is 16.4. The van der Waals surface area contributed by atoms with Crippen LogP contribution in [-0.2, 0) is 19.6 Å². The lowest BCUT2D eigenvalue weighted by Gasteiger charge is -2.24. The van der Waals surface area contributed by atoms with Crippen molar-refractivity contribution in [3.05, 3.63) is 82.6 Å². The van der Waals surface area contributed by atoms with E-state index in [0.717, 1.165) is 22.7 Å². The minimum Gasteiger partial charge on any atom is -0.493 e. The van der Waals surface area contributed by atoms with Gasteiger partial charge in [-0.3, -0.25) is 9.88 Å². The van der Waals surface area contributed by atoms with Crippen LogP contribution in [0.4, 0.5) is 0 Å². The number of ether oxygens (including phenoxy) is 3. The highest BCUT2D eigenvalue weighted by molar-refractivity contribution is 6.31. The van der Waals surface area contributed by atoms with Crippen molar-refractivity contribution in [1.29, 1.82) is 0 Å². The van der Waals surface area contributed by atoms with E-state index in [2.05, 4.69) is 16.0 Å². The van der Waals surface area contributed by atoms with Gasteiger partial charge in [0.2, 0.25) is 5.75 Å². The van der Waals surface area contributed by atoms with Crippen molar-refractivity contribution in [3.63, 3.8) is 0 Å². The first-order chi connectivity index (χ1) is 14.1. The van der Waals surface area contributed by atoms with Crippen molar-refractivity contribution in [2.45, 2.75) is 19.6 Å². The van der Waals surface area contributed by atoms with E-state index >= 15 is 0 Å². The Morgan fingerprint density at radius 1 is 0.793 bits per heavy atom. The van der Waals surface area contributed by atoms with Gasteiger partial charge in [-0.25, -0.2) is 0 Å². The minimum atomic E-state index is 0.588. The van der Waals surface area contributed by atoms with E-state index in [4.69, 9.17) is 25.8 Å². The van der Waals surface area contributed by atoms with Gasteiger partial charge in [0, 0.05) is 37.1 Å². The third-order valence-corrected chi connectivity index (χ3v) is 5.01. The topological polar surface area (TPSA) is 43.8 Å². The van der Waals surface area contributed by atoms with Crippen LogP contribution >= 0.6 is 11.6 Å². The van der Waals surface area contributed by atoms with Gasteiger partial charge in [0.05, 0.1) is 21.3 Å². The molecule has 0 N–H and O–H groups in total.